The van der Waals surface area contributed by atoms with Crippen LogP contribution < -0.4 is 15.0 Å². The minimum Gasteiger partial charge on any atom is -0.493 e. The van der Waals surface area contributed by atoms with Crippen molar-refractivity contribution in [2.75, 3.05) is 14.2 Å². The molecule has 3 aromatic heterocycles. The molecule has 172 valence electrons. The van der Waals surface area contributed by atoms with Gasteiger partial charge >= 0.3 is 0 Å². The number of fused-ring (bicyclic) bond motifs is 3. The summed E-state index contributed by atoms with van der Waals surface area (Å²) in [5, 5.41) is 13.1. The number of hydrogen-bond acceptors (Lipinski definition) is 7. The van der Waals surface area contributed by atoms with E-state index in [1.165, 1.54) is 27.5 Å². The highest BCUT2D eigenvalue weighted by molar-refractivity contribution is 5.83. The van der Waals surface area contributed by atoms with E-state index < -0.39 is 0 Å². The zero-order valence-corrected chi connectivity index (χ0v) is 18.8. The minimum atomic E-state index is -0.342. The second-order valence-electron chi connectivity index (χ2n) is 7.66. The van der Waals surface area contributed by atoms with Gasteiger partial charge in [0.15, 0.2) is 28.3 Å². The highest BCUT2D eigenvalue weighted by atomic mass is 19.1. The van der Waals surface area contributed by atoms with Gasteiger partial charge in [-0.15, -0.1) is 10.2 Å². The second-order valence-corrected chi connectivity index (χ2v) is 7.66. The van der Waals surface area contributed by atoms with Crippen molar-refractivity contribution < 1.29 is 13.9 Å². The van der Waals surface area contributed by atoms with Gasteiger partial charge in [-0.25, -0.2) is 9.37 Å². The molecule has 0 spiro atoms. The number of rotatable bonds is 6. The average Bonchev–Trinajstić information content (AvgIpc) is 3.25. The van der Waals surface area contributed by atoms with E-state index in [1.807, 2.05) is 13.0 Å². The highest BCUT2D eigenvalue weighted by Crippen LogP contribution is 2.29. The van der Waals surface area contributed by atoms with Crippen LogP contribution in [-0.2, 0) is 13.0 Å². The Kier molecular flexibility index (Phi) is 5.40. The third-order valence-corrected chi connectivity index (χ3v) is 5.64. The lowest BCUT2D eigenvalue weighted by atomic mass is 10.0. The van der Waals surface area contributed by atoms with Crippen LogP contribution in [-0.4, -0.2) is 43.6 Å². The molecule has 5 aromatic rings. The minimum absolute atomic E-state index is 0.103. The Balaban J connectivity index is 1.62. The van der Waals surface area contributed by atoms with Gasteiger partial charge in [0.1, 0.15) is 12.1 Å². The normalized spacial score (nSPS) is 11.3. The molecule has 5 rings (SSSR count). The average molecular weight is 460 g/mol. The van der Waals surface area contributed by atoms with E-state index >= 15 is 0 Å². The molecule has 0 atom stereocenters. The van der Waals surface area contributed by atoms with Crippen molar-refractivity contribution in [1.29, 1.82) is 0 Å². The number of benzene rings is 2. The Morgan fingerprint density at radius 1 is 0.971 bits per heavy atom. The van der Waals surface area contributed by atoms with Gasteiger partial charge in [-0.1, -0.05) is 25.1 Å². The van der Waals surface area contributed by atoms with E-state index in [-0.39, 0.29) is 23.4 Å². The first kappa shape index (κ1) is 21.5. The third kappa shape index (κ3) is 3.53. The summed E-state index contributed by atoms with van der Waals surface area (Å²) < 4.78 is 27.0. The first-order chi connectivity index (χ1) is 16.5. The Hall–Kier alpha value is -4.34. The van der Waals surface area contributed by atoms with Gasteiger partial charge in [-0.05, 0) is 41.8 Å². The Bertz CT molecular complexity index is 1580. The van der Waals surface area contributed by atoms with E-state index in [0.717, 1.165) is 22.4 Å². The summed E-state index contributed by atoms with van der Waals surface area (Å²) in [5.41, 5.74) is 3.63. The summed E-state index contributed by atoms with van der Waals surface area (Å²) in [7, 11) is 3.12. The van der Waals surface area contributed by atoms with Crippen LogP contribution in [0.25, 0.3) is 27.9 Å². The van der Waals surface area contributed by atoms with Gasteiger partial charge in [0.2, 0.25) is 0 Å². The maximum absolute atomic E-state index is 13.4. The number of hydrogen-bond donors (Lipinski definition) is 0. The molecule has 3 heterocycles. The fraction of sp³-hybridized carbons (Fsp3) is 0.208. The first-order valence-electron chi connectivity index (χ1n) is 10.6. The van der Waals surface area contributed by atoms with Crippen molar-refractivity contribution in [2.24, 2.45) is 0 Å². The molecule has 0 amide bonds. The summed E-state index contributed by atoms with van der Waals surface area (Å²) in [6, 6.07) is 11.6. The van der Waals surface area contributed by atoms with Crippen LogP contribution in [0.1, 0.15) is 18.2 Å². The van der Waals surface area contributed by atoms with Crippen LogP contribution in [0.2, 0.25) is 0 Å². The standard InChI is InChI=1S/C24H21FN6O3/c1-4-17-20(15-6-8-16(25)9-7-15)22-28-27-21-23(31(22)29-17)26-13-30(24(21)32)12-14-5-10-18(33-2)19(11-14)34-3/h5-11,13H,4,12H2,1-3H3. The van der Waals surface area contributed by atoms with Crippen LogP contribution >= 0.6 is 0 Å². The largest absolute Gasteiger partial charge is 0.493 e. The Morgan fingerprint density at radius 3 is 2.44 bits per heavy atom. The topological polar surface area (TPSA) is 96.4 Å². The maximum atomic E-state index is 13.4. The van der Waals surface area contributed by atoms with E-state index in [1.54, 1.807) is 38.5 Å². The molecule has 34 heavy (non-hydrogen) atoms. The monoisotopic (exact) mass is 460 g/mol. The van der Waals surface area contributed by atoms with Crippen molar-refractivity contribution in [3.63, 3.8) is 0 Å². The lowest BCUT2D eigenvalue weighted by Gasteiger charge is -2.11. The molecule has 10 heteroatoms. The molecule has 0 aliphatic heterocycles. The van der Waals surface area contributed by atoms with Crippen LogP contribution in [0.15, 0.2) is 53.6 Å². The predicted octanol–water partition coefficient (Wildman–Crippen LogP) is 3.27. The smallest absolute Gasteiger partial charge is 0.283 e. The molecule has 0 N–H and O–H groups in total. The van der Waals surface area contributed by atoms with Crippen LogP contribution in [0.3, 0.4) is 0 Å². The summed E-state index contributed by atoms with van der Waals surface area (Å²) in [5.74, 6) is 0.845. The third-order valence-electron chi connectivity index (χ3n) is 5.64. The van der Waals surface area contributed by atoms with Crippen LogP contribution in [0.4, 0.5) is 4.39 Å². The molecule has 9 nitrogen and oxygen atoms in total. The zero-order chi connectivity index (χ0) is 23.8. The van der Waals surface area contributed by atoms with Gasteiger partial charge in [-0.3, -0.25) is 9.36 Å². The molecule has 0 saturated carbocycles. The molecule has 2 aromatic carbocycles. The summed E-state index contributed by atoms with van der Waals surface area (Å²) >= 11 is 0. The molecular weight excluding hydrogens is 439 g/mol. The summed E-state index contributed by atoms with van der Waals surface area (Å²) in [6.07, 6.45) is 2.08. The number of halogens is 1. The van der Waals surface area contributed by atoms with Gasteiger partial charge in [0, 0.05) is 0 Å². The molecule has 0 aliphatic carbocycles. The molecule has 0 saturated heterocycles. The molecule has 0 bridgehead atoms. The van der Waals surface area contributed by atoms with E-state index in [2.05, 4.69) is 20.3 Å². The van der Waals surface area contributed by atoms with Crippen molar-refractivity contribution in [3.8, 4) is 22.6 Å². The van der Waals surface area contributed by atoms with Gasteiger partial charge < -0.3 is 9.47 Å². The first-order valence-corrected chi connectivity index (χ1v) is 10.6. The SMILES string of the molecule is CCc1nn2c(nnc3c(=O)n(Cc4ccc(OC)c(OC)c4)cnc32)c1-c1ccc(F)cc1. The summed E-state index contributed by atoms with van der Waals surface area (Å²) in [4.78, 5) is 17.7. The molecule has 0 fully saturated rings. The zero-order valence-electron chi connectivity index (χ0n) is 18.8. The fourth-order valence-corrected chi connectivity index (χ4v) is 3.95. The predicted molar refractivity (Wildman–Crippen MR) is 124 cm³/mol. The van der Waals surface area contributed by atoms with Crippen molar-refractivity contribution in [3.05, 3.63) is 76.2 Å². The molecule has 0 aliphatic rings. The quantitative estimate of drug-likeness (QED) is 0.384. The fourth-order valence-electron chi connectivity index (χ4n) is 3.95. The molecular formula is C24H21FN6O3. The van der Waals surface area contributed by atoms with Gasteiger partial charge in [-0.2, -0.15) is 9.61 Å². The number of methoxy groups -OCH3 is 2. The maximum Gasteiger partial charge on any atom is 0.283 e. The van der Waals surface area contributed by atoms with E-state index in [4.69, 9.17) is 9.47 Å². The van der Waals surface area contributed by atoms with Crippen molar-refractivity contribution >= 4 is 16.8 Å². The van der Waals surface area contributed by atoms with E-state index in [0.29, 0.717) is 29.2 Å². The van der Waals surface area contributed by atoms with Gasteiger partial charge in [0.25, 0.3) is 5.56 Å². The Labute approximate surface area is 193 Å². The Morgan fingerprint density at radius 2 is 1.74 bits per heavy atom. The number of aromatic nitrogens is 6. The van der Waals surface area contributed by atoms with Crippen molar-refractivity contribution in [1.82, 2.24) is 29.4 Å². The molecule has 0 unspecified atom stereocenters. The highest BCUT2D eigenvalue weighted by Gasteiger charge is 2.19. The van der Waals surface area contributed by atoms with Crippen molar-refractivity contribution in [2.45, 2.75) is 19.9 Å². The van der Waals surface area contributed by atoms with E-state index in [9.17, 15) is 9.18 Å². The number of ether oxygens (including phenoxy) is 2. The van der Waals surface area contributed by atoms with Gasteiger partial charge in [0.05, 0.1) is 32.0 Å². The van der Waals surface area contributed by atoms with Crippen LogP contribution in [0, 0.1) is 5.82 Å². The summed E-state index contributed by atoms with van der Waals surface area (Å²) in [6.45, 7) is 2.23. The lowest BCUT2D eigenvalue weighted by molar-refractivity contribution is 0.354. The second kappa shape index (κ2) is 8.54. The molecule has 0 radical (unpaired) electrons. The lowest BCUT2D eigenvalue weighted by Crippen LogP contribution is -2.23. The van der Waals surface area contributed by atoms with Crippen LogP contribution in [0.5, 0.6) is 11.5 Å². The number of aryl methyl sites for hydroxylation is 1. The number of nitrogens with zero attached hydrogens (tertiary/aromatic N) is 6.